The van der Waals surface area contributed by atoms with Gasteiger partial charge in [-0.05, 0) is 66.6 Å². The molecule has 0 unspecified atom stereocenters. The van der Waals surface area contributed by atoms with Crippen molar-refractivity contribution in [1.29, 1.82) is 0 Å². The molecule has 0 saturated carbocycles. The zero-order chi connectivity index (χ0) is 20.7. The maximum absolute atomic E-state index is 12.9. The lowest BCUT2D eigenvalue weighted by molar-refractivity contribution is -0.122. The molecular formula is C25H27NO3. The second kappa shape index (κ2) is 7.51. The van der Waals surface area contributed by atoms with Gasteiger partial charge in [0, 0.05) is 0 Å². The van der Waals surface area contributed by atoms with Crippen molar-refractivity contribution in [3.05, 3.63) is 65.7 Å². The van der Waals surface area contributed by atoms with Gasteiger partial charge >= 0.3 is 0 Å². The summed E-state index contributed by atoms with van der Waals surface area (Å²) in [7, 11) is 0. The molecular weight excluding hydrogens is 362 g/mol. The molecule has 0 bridgehead atoms. The second-order valence-corrected chi connectivity index (χ2v) is 8.46. The lowest BCUT2D eigenvalue weighted by atomic mass is 9.78. The summed E-state index contributed by atoms with van der Waals surface area (Å²) in [6.07, 6.45) is 4.70. The molecule has 0 N–H and O–H groups in total. The zero-order valence-electron chi connectivity index (χ0n) is 17.4. The van der Waals surface area contributed by atoms with Crippen LogP contribution in [-0.2, 0) is 9.59 Å². The Balaban J connectivity index is 1.57. The molecule has 29 heavy (non-hydrogen) atoms. The first kappa shape index (κ1) is 19.4. The average Bonchev–Trinajstić information content (AvgIpc) is 2.94. The Morgan fingerprint density at radius 3 is 2.41 bits per heavy atom. The smallest absolute Gasteiger partial charge is 0.238 e. The summed E-state index contributed by atoms with van der Waals surface area (Å²) < 4.78 is 6.14. The molecule has 0 aromatic heterocycles. The number of amides is 2. The molecule has 150 valence electrons. The van der Waals surface area contributed by atoms with Crippen LogP contribution in [0.15, 0.2) is 54.6 Å². The molecule has 0 radical (unpaired) electrons. The molecule has 1 heterocycles. The van der Waals surface area contributed by atoms with E-state index < -0.39 is 0 Å². The normalized spacial score (nSPS) is 23.6. The summed E-state index contributed by atoms with van der Waals surface area (Å²) >= 11 is 0. The van der Waals surface area contributed by atoms with Crippen LogP contribution in [0.3, 0.4) is 0 Å². The molecule has 4 heteroatoms. The van der Waals surface area contributed by atoms with Crippen molar-refractivity contribution < 1.29 is 14.3 Å². The van der Waals surface area contributed by atoms with Crippen LogP contribution in [0.1, 0.15) is 44.2 Å². The highest BCUT2D eigenvalue weighted by Crippen LogP contribution is 2.41. The predicted molar refractivity (Wildman–Crippen MR) is 114 cm³/mol. The standard InChI is InChI=1S/C25H27NO3/c1-15(2)20-13-8-16(3)14-22(20)29-19-11-9-18(10-12-19)26-24(27)21-7-5-6-17(4)23(21)25(26)28/h5-6,8-15,17,21,23H,7H2,1-4H3/t17-,21-,23-/m0/s1. The summed E-state index contributed by atoms with van der Waals surface area (Å²) in [5, 5.41) is 0. The van der Waals surface area contributed by atoms with Crippen molar-refractivity contribution in [3.8, 4) is 11.5 Å². The summed E-state index contributed by atoms with van der Waals surface area (Å²) in [5.41, 5.74) is 2.90. The number of allylic oxidation sites excluding steroid dienone is 2. The third-order valence-electron chi connectivity index (χ3n) is 5.99. The number of benzene rings is 2. The Bertz CT molecular complexity index is 974. The van der Waals surface area contributed by atoms with Crippen LogP contribution in [0.4, 0.5) is 5.69 Å². The Kier molecular flexibility index (Phi) is 5.03. The molecule has 0 spiro atoms. The summed E-state index contributed by atoms with van der Waals surface area (Å²) in [6.45, 7) is 8.33. The van der Waals surface area contributed by atoms with E-state index in [0.717, 1.165) is 16.9 Å². The summed E-state index contributed by atoms with van der Waals surface area (Å²) in [5.74, 6) is 1.30. The Morgan fingerprint density at radius 1 is 1.03 bits per heavy atom. The maximum Gasteiger partial charge on any atom is 0.238 e. The molecule has 2 aromatic carbocycles. The van der Waals surface area contributed by atoms with Gasteiger partial charge in [-0.2, -0.15) is 0 Å². The molecule has 3 atom stereocenters. The highest BCUT2D eigenvalue weighted by atomic mass is 16.5. The number of carbonyl (C=O) groups excluding carboxylic acids is 2. The fourth-order valence-electron chi connectivity index (χ4n) is 4.40. The van der Waals surface area contributed by atoms with Gasteiger partial charge in [-0.15, -0.1) is 0 Å². The second-order valence-electron chi connectivity index (χ2n) is 8.46. The summed E-state index contributed by atoms with van der Waals surface area (Å²) in [6, 6.07) is 13.5. The van der Waals surface area contributed by atoms with Gasteiger partial charge in [0.15, 0.2) is 0 Å². The molecule has 2 aliphatic rings. The maximum atomic E-state index is 12.9. The number of imide groups is 1. The number of anilines is 1. The average molecular weight is 389 g/mol. The highest BCUT2D eigenvalue weighted by Gasteiger charge is 2.50. The van der Waals surface area contributed by atoms with Crippen LogP contribution in [0.2, 0.25) is 0 Å². The quantitative estimate of drug-likeness (QED) is 0.504. The van der Waals surface area contributed by atoms with Gasteiger partial charge in [0.05, 0.1) is 17.5 Å². The molecule has 1 aliphatic carbocycles. The van der Waals surface area contributed by atoms with Gasteiger partial charge in [0.2, 0.25) is 11.8 Å². The molecule has 1 aliphatic heterocycles. The topological polar surface area (TPSA) is 46.6 Å². The number of aryl methyl sites for hydroxylation is 1. The number of hydrogen-bond donors (Lipinski definition) is 0. The van der Waals surface area contributed by atoms with Gasteiger partial charge < -0.3 is 4.74 Å². The van der Waals surface area contributed by atoms with E-state index in [0.29, 0.717) is 23.8 Å². The van der Waals surface area contributed by atoms with E-state index in [-0.39, 0.29) is 29.6 Å². The minimum atomic E-state index is -0.246. The highest BCUT2D eigenvalue weighted by molar-refractivity contribution is 6.22. The number of carbonyl (C=O) groups is 2. The van der Waals surface area contributed by atoms with Crippen LogP contribution in [-0.4, -0.2) is 11.8 Å². The third-order valence-corrected chi connectivity index (χ3v) is 5.99. The minimum absolute atomic E-state index is 0.0913. The van der Waals surface area contributed by atoms with E-state index in [4.69, 9.17) is 4.74 Å². The molecule has 4 rings (SSSR count). The van der Waals surface area contributed by atoms with Crippen LogP contribution >= 0.6 is 0 Å². The van der Waals surface area contributed by atoms with E-state index in [1.54, 1.807) is 12.1 Å². The van der Waals surface area contributed by atoms with Gasteiger partial charge in [-0.3, -0.25) is 14.5 Å². The largest absolute Gasteiger partial charge is 0.457 e. The van der Waals surface area contributed by atoms with Crippen molar-refractivity contribution in [2.24, 2.45) is 17.8 Å². The van der Waals surface area contributed by atoms with Gasteiger partial charge in [-0.25, -0.2) is 0 Å². The number of fused-ring (bicyclic) bond motifs is 1. The number of ether oxygens (including phenoxy) is 1. The van der Waals surface area contributed by atoms with Gasteiger partial charge in [-0.1, -0.05) is 45.1 Å². The monoisotopic (exact) mass is 389 g/mol. The Hall–Kier alpha value is -2.88. The van der Waals surface area contributed by atoms with E-state index in [2.05, 4.69) is 26.0 Å². The number of nitrogens with zero attached hydrogens (tertiary/aromatic N) is 1. The van der Waals surface area contributed by atoms with Crippen molar-refractivity contribution in [1.82, 2.24) is 0 Å². The summed E-state index contributed by atoms with van der Waals surface area (Å²) in [4.78, 5) is 27.2. The van der Waals surface area contributed by atoms with Crippen LogP contribution in [0, 0.1) is 24.7 Å². The lowest BCUT2D eigenvalue weighted by Crippen LogP contribution is -2.31. The van der Waals surface area contributed by atoms with E-state index in [1.165, 1.54) is 4.90 Å². The molecule has 4 nitrogen and oxygen atoms in total. The van der Waals surface area contributed by atoms with E-state index in [1.807, 2.05) is 44.2 Å². The minimum Gasteiger partial charge on any atom is -0.457 e. The molecule has 1 saturated heterocycles. The van der Waals surface area contributed by atoms with Crippen molar-refractivity contribution >= 4 is 17.5 Å². The molecule has 1 fully saturated rings. The van der Waals surface area contributed by atoms with Gasteiger partial charge in [0.25, 0.3) is 0 Å². The predicted octanol–water partition coefficient (Wildman–Crippen LogP) is 5.61. The first-order chi connectivity index (χ1) is 13.9. The Morgan fingerprint density at radius 2 is 1.76 bits per heavy atom. The van der Waals surface area contributed by atoms with E-state index >= 15 is 0 Å². The first-order valence-corrected chi connectivity index (χ1v) is 10.3. The van der Waals surface area contributed by atoms with Crippen molar-refractivity contribution in [2.45, 2.75) is 40.0 Å². The fourth-order valence-corrected chi connectivity index (χ4v) is 4.40. The van der Waals surface area contributed by atoms with Crippen molar-refractivity contribution in [2.75, 3.05) is 4.90 Å². The zero-order valence-corrected chi connectivity index (χ0v) is 17.4. The third kappa shape index (κ3) is 3.48. The van der Waals surface area contributed by atoms with E-state index in [9.17, 15) is 9.59 Å². The van der Waals surface area contributed by atoms with Crippen LogP contribution < -0.4 is 9.64 Å². The molecule has 2 aromatic rings. The van der Waals surface area contributed by atoms with Gasteiger partial charge in [0.1, 0.15) is 11.5 Å². The Labute approximate surface area is 172 Å². The van der Waals surface area contributed by atoms with Crippen LogP contribution in [0.5, 0.6) is 11.5 Å². The lowest BCUT2D eigenvalue weighted by Gasteiger charge is -2.22. The first-order valence-electron chi connectivity index (χ1n) is 10.3. The van der Waals surface area contributed by atoms with Crippen LogP contribution in [0.25, 0.3) is 0 Å². The van der Waals surface area contributed by atoms with Crippen molar-refractivity contribution in [3.63, 3.8) is 0 Å². The molecule has 2 amide bonds. The SMILES string of the molecule is Cc1ccc(C(C)C)c(Oc2ccc(N3C(=O)[C@@H]4[C@H](CC=C[C@@H]4C)C3=O)cc2)c1. The number of rotatable bonds is 4. The number of hydrogen-bond acceptors (Lipinski definition) is 3. The fraction of sp³-hybridized carbons (Fsp3) is 0.360.